The molecule has 0 aliphatic heterocycles. The maximum absolute atomic E-state index is 11.2. The van der Waals surface area contributed by atoms with Gasteiger partial charge in [0, 0.05) is 17.8 Å². The minimum atomic E-state index is 0.0293. The lowest BCUT2D eigenvalue weighted by Crippen LogP contribution is -2.28. The highest BCUT2D eigenvalue weighted by atomic mass is 16.1. The number of hydrogen-bond donors (Lipinski definition) is 2. The lowest BCUT2D eigenvalue weighted by molar-refractivity contribution is 0.445. The fourth-order valence-electron chi connectivity index (χ4n) is 2.54. The van der Waals surface area contributed by atoms with E-state index in [2.05, 4.69) is 10.3 Å². The molecule has 86 valence electrons. The minimum absolute atomic E-state index is 0.0293. The van der Waals surface area contributed by atoms with E-state index in [1.54, 1.807) is 6.07 Å². The van der Waals surface area contributed by atoms with Gasteiger partial charge in [-0.1, -0.05) is 6.07 Å². The first-order chi connectivity index (χ1) is 7.83. The Morgan fingerprint density at radius 2 is 2.19 bits per heavy atom. The maximum atomic E-state index is 11.2. The van der Waals surface area contributed by atoms with Gasteiger partial charge in [-0.05, 0) is 50.1 Å². The summed E-state index contributed by atoms with van der Waals surface area (Å²) in [6.07, 6.45) is 6.17. The molecule has 0 aromatic carbocycles. The molecule has 0 radical (unpaired) electrons. The van der Waals surface area contributed by atoms with Gasteiger partial charge in [0.25, 0.3) is 0 Å². The van der Waals surface area contributed by atoms with Gasteiger partial charge < -0.3 is 10.3 Å². The first-order valence-electron chi connectivity index (χ1n) is 6.28. The van der Waals surface area contributed by atoms with E-state index >= 15 is 0 Å². The van der Waals surface area contributed by atoms with Crippen LogP contribution in [0.3, 0.4) is 0 Å². The van der Waals surface area contributed by atoms with Crippen molar-refractivity contribution >= 4 is 0 Å². The predicted molar refractivity (Wildman–Crippen MR) is 63.5 cm³/mol. The molecule has 1 heterocycles. The van der Waals surface area contributed by atoms with Crippen molar-refractivity contribution in [2.75, 3.05) is 6.54 Å². The molecule has 2 aliphatic carbocycles. The van der Waals surface area contributed by atoms with Gasteiger partial charge >= 0.3 is 0 Å². The Kier molecular flexibility index (Phi) is 2.56. The smallest absolute Gasteiger partial charge is 0.248 e. The van der Waals surface area contributed by atoms with Crippen molar-refractivity contribution in [3.63, 3.8) is 0 Å². The molecule has 3 rings (SSSR count). The molecule has 1 aromatic heterocycles. The molecule has 1 atom stereocenters. The van der Waals surface area contributed by atoms with Crippen molar-refractivity contribution in [2.45, 2.75) is 38.1 Å². The van der Waals surface area contributed by atoms with E-state index in [1.165, 1.54) is 31.2 Å². The Bertz CT molecular complexity index is 434. The van der Waals surface area contributed by atoms with Crippen molar-refractivity contribution in [1.29, 1.82) is 0 Å². The molecule has 3 heteroatoms. The highest BCUT2D eigenvalue weighted by molar-refractivity contribution is 5.26. The Labute approximate surface area is 95.3 Å². The molecule has 16 heavy (non-hydrogen) atoms. The number of fused-ring (bicyclic) bond motifs is 1. The van der Waals surface area contributed by atoms with Crippen molar-refractivity contribution in [2.24, 2.45) is 5.92 Å². The van der Waals surface area contributed by atoms with E-state index in [4.69, 9.17) is 0 Å². The van der Waals surface area contributed by atoms with Gasteiger partial charge in [-0.25, -0.2) is 0 Å². The molecule has 1 unspecified atom stereocenters. The van der Waals surface area contributed by atoms with Crippen LogP contribution in [0.15, 0.2) is 16.9 Å². The SMILES string of the molecule is O=c1ccc2c([nH]1)CCCC2NCC1CC1. The Morgan fingerprint density at radius 3 is 3.00 bits per heavy atom. The first-order valence-corrected chi connectivity index (χ1v) is 6.28. The number of H-pyrrole nitrogens is 1. The fourth-order valence-corrected chi connectivity index (χ4v) is 2.54. The molecule has 3 nitrogen and oxygen atoms in total. The summed E-state index contributed by atoms with van der Waals surface area (Å²) in [5, 5.41) is 3.64. The molecule has 0 saturated heterocycles. The summed E-state index contributed by atoms with van der Waals surface area (Å²) in [5.41, 5.74) is 2.49. The molecular formula is C13H18N2O. The number of aromatic amines is 1. The second-order valence-electron chi connectivity index (χ2n) is 5.05. The van der Waals surface area contributed by atoms with Crippen molar-refractivity contribution in [3.05, 3.63) is 33.7 Å². The quantitative estimate of drug-likeness (QED) is 0.812. The molecule has 0 amide bonds. The van der Waals surface area contributed by atoms with Gasteiger partial charge in [0.2, 0.25) is 5.56 Å². The first kappa shape index (κ1) is 10.1. The zero-order valence-electron chi connectivity index (χ0n) is 9.46. The average Bonchev–Trinajstić information content (AvgIpc) is 3.09. The number of aryl methyl sites for hydroxylation is 1. The largest absolute Gasteiger partial charge is 0.326 e. The zero-order chi connectivity index (χ0) is 11.0. The summed E-state index contributed by atoms with van der Waals surface area (Å²) in [4.78, 5) is 14.2. The molecule has 0 spiro atoms. The van der Waals surface area contributed by atoms with Gasteiger partial charge in [-0.3, -0.25) is 4.79 Å². The average molecular weight is 218 g/mol. The van der Waals surface area contributed by atoms with Crippen molar-refractivity contribution in [3.8, 4) is 0 Å². The van der Waals surface area contributed by atoms with Gasteiger partial charge in [0.1, 0.15) is 0 Å². The molecular weight excluding hydrogens is 200 g/mol. The van der Waals surface area contributed by atoms with Gasteiger partial charge in [-0.15, -0.1) is 0 Å². The normalized spacial score (nSPS) is 24.1. The van der Waals surface area contributed by atoms with E-state index < -0.39 is 0 Å². The Hall–Kier alpha value is -1.09. The second kappa shape index (κ2) is 4.06. The highest BCUT2D eigenvalue weighted by Crippen LogP contribution is 2.31. The monoisotopic (exact) mass is 218 g/mol. The van der Waals surface area contributed by atoms with Crippen LogP contribution in [-0.2, 0) is 6.42 Å². The van der Waals surface area contributed by atoms with Gasteiger partial charge in [-0.2, -0.15) is 0 Å². The van der Waals surface area contributed by atoms with Crippen LogP contribution in [0.1, 0.15) is 43.0 Å². The van der Waals surface area contributed by atoms with Crippen LogP contribution in [0.2, 0.25) is 0 Å². The fraction of sp³-hybridized carbons (Fsp3) is 0.615. The van der Waals surface area contributed by atoms with Crippen LogP contribution in [-0.4, -0.2) is 11.5 Å². The second-order valence-corrected chi connectivity index (χ2v) is 5.05. The molecule has 1 fully saturated rings. The van der Waals surface area contributed by atoms with Crippen molar-refractivity contribution < 1.29 is 0 Å². The standard InChI is InChI=1S/C13H18N2O/c16-13-7-6-10-11(14-8-9-4-5-9)2-1-3-12(10)15-13/h6-7,9,11,14H,1-5,8H2,(H,15,16). The number of nitrogens with one attached hydrogen (secondary N) is 2. The lowest BCUT2D eigenvalue weighted by Gasteiger charge is -2.26. The van der Waals surface area contributed by atoms with Crippen molar-refractivity contribution in [1.82, 2.24) is 10.3 Å². The van der Waals surface area contributed by atoms with Crippen LogP contribution < -0.4 is 10.9 Å². The highest BCUT2D eigenvalue weighted by Gasteiger charge is 2.25. The van der Waals surface area contributed by atoms with E-state index in [1.807, 2.05) is 6.07 Å². The lowest BCUT2D eigenvalue weighted by atomic mass is 9.91. The van der Waals surface area contributed by atoms with Crippen LogP contribution in [0.4, 0.5) is 0 Å². The summed E-state index contributed by atoms with van der Waals surface area (Å²) < 4.78 is 0. The zero-order valence-corrected chi connectivity index (χ0v) is 9.46. The van der Waals surface area contributed by atoms with Crippen LogP contribution >= 0.6 is 0 Å². The number of rotatable bonds is 3. The summed E-state index contributed by atoms with van der Waals surface area (Å²) in [6, 6.07) is 4.11. The third-order valence-electron chi connectivity index (χ3n) is 3.68. The summed E-state index contributed by atoms with van der Waals surface area (Å²) in [5.74, 6) is 0.910. The van der Waals surface area contributed by atoms with E-state index in [-0.39, 0.29) is 5.56 Å². The molecule has 1 aromatic rings. The Morgan fingerprint density at radius 1 is 1.31 bits per heavy atom. The summed E-state index contributed by atoms with van der Waals surface area (Å²) in [6.45, 7) is 1.14. The molecule has 2 aliphatic rings. The van der Waals surface area contributed by atoms with E-state index in [0.29, 0.717) is 6.04 Å². The van der Waals surface area contributed by atoms with Crippen LogP contribution in [0, 0.1) is 5.92 Å². The van der Waals surface area contributed by atoms with E-state index in [0.717, 1.165) is 24.6 Å². The molecule has 2 N–H and O–H groups in total. The predicted octanol–water partition coefficient (Wildman–Crippen LogP) is 1.75. The minimum Gasteiger partial charge on any atom is -0.326 e. The van der Waals surface area contributed by atoms with Crippen LogP contribution in [0.5, 0.6) is 0 Å². The third-order valence-corrected chi connectivity index (χ3v) is 3.68. The van der Waals surface area contributed by atoms with Crippen LogP contribution in [0.25, 0.3) is 0 Å². The number of hydrogen-bond acceptors (Lipinski definition) is 2. The van der Waals surface area contributed by atoms with Gasteiger partial charge in [0.05, 0.1) is 0 Å². The van der Waals surface area contributed by atoms with E-state index in [9.17, 15) is 4.79 Å². The summed E-state index contributed by atoms with van der Waals surface area (Å²) in [7, 11) is 0. The topological polar surface area (TPSA) is 44.9 Å². The third kappa shape index (κ3) is 2.05. The molecule has 1 saturated carbocycles. The number of aromatic nitrogens is 1. The molecule has 0 bridgehead atoms. The maximum Gasteiger partial charge on any atom is 0.248 e. The van der Waals surface area contributed by atoms with Gasteiger partial charge in [0.15, 0.2) is 0 Å². The Balaban J connectivity index is 1.78. The summed E-state index contributed by atoms with van der Waals surface area (Å²) >= 11 is 0. The number of pyridine rings is 1.